The molecule has 4 aromatic rings. The van der Waals surface area contributed by atoms with E-state index in [1.54, 1.807) is 24.3 Å². The molecule has 3 aromatic carbocycles. The van der Waals surface area contributed by atoms with Crippen molar-refractivity contribution < 1.29 is 24.0 Å². The number of nitrogens with zero attached hydrogens (tertiary/aromatic N) is 3. The van der Waals surface area contributed by atoms with E-state index in [1.807, 2.05) is 35.8 Å². The molecule has 40 heavy (non-hydrogen) atoms. The third-order valence-electron chi connectivity index (χ3n) is 5.98. The van der Waals surface area contributed by atoms with Gasteiger partial charge in [-0.1, -0.05) is 62.7 Å². The van der Waals surface area contributed by atoms with Crippen LogP contribution >= 0.6 is 11.8 Å². The van der Waals surface area contributed by atoms with Crippen molar-refractivity contribution in [1.82, 2.24) is 15.6 Å². The van der Waals surface area contributed by atoms with Gasteiger partial charge >= 0.3 is 5.16 Å². The maximum atomic E-state index is 12.6. The number of para-hydroxylation sites is 1. The Bertz CT molecular complexity index is 1510. The molecule has 0 radical (unpaired) electrons. The highest BCUT2D eigenvalue weighted by atomic mass is 32.2. The molecule has 0 aliphatic carbocycles. The number of carboxylic acid groups (broad SMARTS) is 1. The maximum absolute atomic E-state index is 12.6. The number of aliphatic carboxylic acids is 1. The average Bonchev–Trinajstić information content (AvgIpc) is 3.35. The van der Waals surface area contributed by atoms with Crippen LogP contribution in [-0.4, -0.2) is 40.6 Å². The minimum Gasteiger partial charge on any atom is -0.546 e. The summed E-state index contributed by atoms with van der Waals surface area (Å²) in [4.78, 5) is 23.3. The Morgan fingerprint density at radius 1 is 1.07 bits per heavy atom. The van der Waals surface area contributed by atoms with Crippen LogP contribution in [0.3, 0.4) is 0 Å². The fourth-order valence-corrected chi connectivity index (χ4v) is 4.60. The van der Waals surface area contributed by atoms with Gasteiger partial charge in [0.15, 0.2) is 0 Å². The molecule has 1 aromatic heterocycles. The molecule has 0 unspecified atom stereocenters. The molecule has 0 aliphatic rings. The zero-order valence-corrected chi connectivity index (χ0v) is 23.6. The highest BCUT2D eigenvalue weighted by Gasteiger charge is 2.25. The summed E-state index contributed by atoms with van der Waals surface area (Å²) in [5.41, 5.74) is 7.33. The molecule has 0 spiro atoms. The van der Waals surface area contributed by atoms with Gasteiger partial charge in [-0.25, -0.2) is 5.43 Å². The molecule has 2 N–H and O–H groups in total. The van der Waals surface area contributed by atoms with Crippen molar-refractivity contribution >= 4 is 29.9 Å². The molecule has 1 heterocycles. The number of carbonyl (C=O) groups is 2. The lowest BCUT2D eigenvalue weighted by molar-refractivity contribution is -0.625. The molecular formula is C30H31N5O4S. The van der Waals surface area contributed by atoms with Gasteiger partial charge in [-0.3, -0.25) is 4.79 Å². The van der Waals surface area contributed by atoms with Crippen molar-refractivity contribution in [3.05, 3.63) is 89.5 Å². The molecular weight excluding hydrogens is 526 g/mol. The Morgan fingerprint density at radius 2 is 1.77 bits per heavy atom. The van der Waals surface area contributed by atoms with Gasteiger partial charge < -0.3 is 14.6 Å². The van der Waals surface area contributed by atoms with Crippen molar-refractivity contribution in [1.29, 1.82) is 0 Å². The van der Waals surface area contributed by atoms with E-state index < -0.39 is 12.6 Å². The van der Waals surface area contributed by atoms with Gasteiger partial charge in [-0.05, 0) is 66.1 Å². The van der Waals surface area contributed by atoms with Gasteiger partial charge in [0.05, 0.1) is 28.6 Å². The van der Waals surface area contributed by atoms with Gasteiger partial charge in [0.25, 0.3) is 11.7 Å². The number of nitrogens with one attached hydrogen (secondary N) is 2. The minimum atomic E-state index is -1.33. The zero-order chi connectivity index (χ0) is 28.7. The Hall–Kier alpha value is -4.44. The molecule has 0 saturated carbocycles. The number of ether oxygens (including phenoxy) is 1. The third-order valence-corrected chi connectivity index (χ3v) is 6.92. The van der Waals surface area contributed by atoms with Crippen LogP contribution in [0, 0.1) is 6.92 Å². The number of thioether (sulfide) groups is 1. The first-order valence-electron chi connectivity index (χ1n) is 12.7. The summed E-state index contributed by atoms with van der Waals surface area (Å²) in [5.74, 6) is -0.470. The van der Waals surface area contributed by atoms with Crippen LogP contribution in [-0.2, 0) is 15.0 Å². The molecule has 9 nitrogen and oxygen atoms in total. The number of carbonyl (C=O) groups excluding carboxylic acids is 2. The SMILES string of the molecule is Cc1ccc(-[n+]2c(SCC(=O)N/N=C/c3ccccc3OCC(=O)[O-])n[nH]c2-c2ccc(C(C)(C)C)cc2)cc1. The number of aromatic amines is 1. The Labute approximate surface area is 237 Å². The number of benzene rings is 3. The number of amides is 1. The van der Waals surface area contributed by atoms with E-state index in [1.165, 1.54) is 23.5 Å². The smallest absolute Gasteiger partial charge is 0.342 e. The molecule has 0 bridgehead atoms. The number of aryl methyl sites for hydroxylation is 1. The Morgan fingerprint density at radius 3 is 2.45 bits per heavy atom. The van der Waals surface area contributed by atoms with E-state index in [2.05, 4.69) is 65.8 Å². The van der Waals surface area contributed by atoms with Gasteiger partial charge in [0, 0.05) is 5.56 Å². The van der Waals surface area contributed by atoms with Gasteiger partial charge in [-0.2, -0.15) is 9.67 Å². The molecule has 4 rings (SSSR count). The molecule has 0 fully saturated rings. The van der Waals surface area contributed by atoms with Crippen molar-refractivity contribution in [2.45, 2.75) is 38.3 Å². The fourth-order valence-electron chi connectivity index (χ4n) is 3.84. The van der Waals surface area contributed by atoms with Gasteiger partial charge in [-0.15, -0.1) is 5.10 Å². The summed E-state index contributed by atoms with van der Waals surface area (Å²) < 4.78 is 7.20. The highest BCUT2D eigenvalue weighted by molar-refractivity contribution is 7.99. The van der Waals surface area contributed by atoms with E-state index in [0.29, 0.717) is 16.5 Å². The lowest BCUT2D eigenvalue weighted by Gasteiger charge is -2.18. The van der Waals surface area contributed by atoms with E-state index in [9.17, 15) is 14.7 Å². The molecule has 0 saturated heterocycles. The van der Waals surface area contributed by atoms with Crippen LogP contribution in [0.5, 0.6) is 5.75 Å². The molecule has 0 atom stereocenters. The van der Waals surface area contributed by atoms with Crippen LogP contribution in [0.25, 0.3) is 17.1 Å². The number of aromatic nitrogens is 3. The predicted octanol–water partition coefficient (Wildman–Crippen LogP) is 3.33. The molecule has 1 amide bonds. The normalized spacial score (nSPS) is 11.5. The molecule has 0 aliphatic heterocycles. The predicted molar refractivity (Wildman–Crippen MR) is 152 cm³/mol. The Kier molecular flexibility index (Phi) is 9.00. The largest absolute Gasteiger partial charge is 0.546 e. The topological polar surface area (TPSA) is 123 Å². The first-order valence-corrected chi connectivity index (χ1v) is 13.6. The second-order valence-corrected chi connectivity index (χ2v) is 11.1. The number of hydrogen-bond acceptors (Lipinski definition) is 7. The van der Waals surface area contributed by atoms with Crippen LogP contribution in [0.15, 0.2) is 83.1 Å². The number of hydrazone groups is 1. The monoisotopic (exact) mass is 557 g/mol. The summed E-state index contributed by atoms with van der Waals surface area (Å²) >= 11 is 1.28. The number of hydrogen-bond donors (Lipinski definition) is 2. The fraction of sp³-hybridized carbons (Fsp3) is 0.233. The van der Waals surface area contributed by atoms with Crippen LogP contribution < -0.4 is 19.8 Å². The van der Waals surface area contributed by atoms with Crippen molar-refractivity contribution in [2.75, 3.05) is 12.4 Å². The quantitative estimate of drug-likeness (QED) is 0.133. The van der Waals surface area contributed by atoms with E-state index in [0.717, 1.165) is 22.6 Å². The lowest BCUT2D eigenvalue weighted by Crippen LogP contribution is -2.34. The molecule has 206 valence electrons. The summed E-state index contributed by atoms with van der Waals surface area (Å²) in [6.45, 7) is 7.99. The standard InChI is InChI=1S/C30H31N5O4S/c1-20-9-15-24(16-10-20)35-28(21-11-13-23(14-12-21)30(2,3)4)33-34-29(35)40-19-26(36)32-31-17-22-7-5-6-8-25(22)39-18-27(37)38/h5-17H,18-19H2,1-4H3,(H2,32,36,37,38)/b31-17+. The van der Waals surface area contributed by atoms with Crippen molar-refractivity contribution in [2.24, 2.45) is 5.10 Å². The summed E-state index contributed by atoms with van der Waals surface area (Å²) in [7, 11) is 0. The molecule has 10 heteroatoms. The number of rotatable bonds is 10. The zero-order valence-electron chi connectivity index (χ0n) is 22.8. The van der Waals surface area contributed by atoms with Gasteiger partial charge in [0.2, 0.25) is 0 Å². The van der Waals surface area contributed by atoms with Crippen molar-refractivity contribution in [3.63, 3.8) is 0 Å². The van der Waals surface area contributed by atoms with Crippen LogP contribution in [0.4, 0.5) is 0 Å². The summed E-state index contributed by atoms with van der Waals surface area (Å²) in [5, 5.41) is 23.0. The minimum absolute atomic E-state index is 0.0430. The lowest BCUT2D eigenvalue weighted by atomic mass is 9.87. The second kappa shape index (κ2) is 12.6. The van der Waals surface area contributed by atoms with E-state index >= 15 is 0 Å². The average molecular weight is 558 g/mol. The van der Waals surface area contributed by atoms with E-state index in [4.69, 9.17) is 4.74 Å². The van der Waals surface area contributed by atoms with Crippen LogP contribution in [0.1, 0.15) is 37.5 Å². The first-order chi connectivity index (χ1) is 19.1. The summed E-state index contributed by atoms with van der Waals surface area (Å²) in [6, 6.07) is 23.3. The second-order valence-electron chi connectivity index (χ2n) is 10.1. The van der Waals surface area contributed by atoms with E-state index in [-0.39, 0.29) is 17.1 Å². The highest BCUT2D eigenvalue weighted by Crippen LogP contribution is 2.26. The third kappa shape index (κ3) is 7.35. The van der Waals surface area contributed by atoms with Gasteiger partial charge in [0.1, 0.15) is 18.0 Å². The number of H-pyrrole nitrogens is 1. The summed E-state index contributed by atoms with van der Waals surface area (Å²) in [6.07, 6.45) is 1.40. The Balaban J connectivity index is 1.49. The van der Waals surface area contributed by atoms with Crippen LogP contribution in [0.2, 0.25) is 0 Å². The number of carboxylic acids is 1. The first kappa shape index (κ1) is 28.6. The van der Waals surface area contributed by atoms with Crippen molar-refractivity contribution in [3.8, 4) is 22.8 Å². The maximum Gasteiger partial charge on any atom is 0.342 e.